The van der Waals surface area contributed by atoms with Gasteiger partial charge in [0.05, 0.1) is 12.4 Å². The number of carbonyl (C=O) groups is 1. The van der Waals surface area contributed by atoms with Crippen LogP contribution in [0.5, 0.6) is 0 Å². The molecule has 1 saturated carbocycles. The van der Waals surface area contributed by atoms with Gasteiger partial charge < -0.3 is 14.6 Å². The summed E-state index contributed by atoms with van der Waals surface area (Å²) >= 11 is 0. The summed E-state index contributed by atoms with van der Waals surface area (Å²) in [7, 11) is 1.87. The van der Waals surface area contributed by atoms with Crippen LogP contribution in [-0.4, -0.2) is 34.2 Å². The minimum absolute atomic E-state index is 0.0842. The third-order valence-electron chi connectivity index (χ3n) is 5.08. The molecule has 1 N–H and O–H groups in total. The van der Waals surface area contributed by atoms with Crippen LogP contribution in [0.4, 0.5) is 0 Å². The van der Waals surface area contributed by atoms with E-state index in [-0.39, 0.29) is 18.1 Å². The fourth-order valence-electron chi connectivity index (χ4n) is 3.93. The van der Waals surface area contributed by atoms with Crippen LogP contribution in [0.25, 0.3) is 0 Å². The minimum atomic E-state index is -0.0842. The molecule has 1 aliphatic carbocycles. The summed E-state index contributed by atoms with van der Waals surface area (Å²) in [6.45, 7) is 0.802. The molecule has 4 atom stereocenters. The van der Waals surface area contributed by atoms with Crippen LogP contribution in [0.3, 0.4) is 0 Å². The standard InChI is InChI=1S/C18H21N3O2/c1-21-10-15(19-11-21)18(22)20-16-13-7-8-23-17(13)14(16)9-12-5-3-2-4-6-12/h2-6,10-11,13-14,16-17H,7-9H2,1H3,(H,20,22)/t13-,14+,16-,17-/m1/s1. The Morgan fingerprint density at radius 3 is 2.96 bits per heavy atom. The fraction of sp³-hybridized carbons (Fsp3) is 0.444. The first-order valence-corrected chi connectivity index (χ1v) is 8.17. The number of amides is 1. The number of nitrogens with one attached hydrogen (secondary N) is 1. The van der Waals surface area contributed by atoms with Gasteiger partial charge in [-0.25, -0.2) is 4.98 Å². The number of rotatable bonds is 4. The molecule has 0 bridgehead atoms. The Morgan fingerprint density at radius 1 is 1.39 bits per heavy atom. The lowest BCUT2D eigenvalue weighted by atomic mass is 9.64. The topological polar surface area (TPSA) is 56.2 Å². The van der Waals surface area contributed by atoms with E-state index in [1.54, 1.807) is 17.1 Å². The summed E-state index contributed by atoms with van der Waals surface area (Å²) in [5.74, 6) is 0.702. The first kappa shape index (κ1) is 14.5. The number of benzene rings is 1. The molecule has 5 heteroatoms. The van der Waals surface area contributed by atoms with Crippen molar-refractivity contribution in [3.8, 4) is 0 Å². The van der Waals surface area contributed by atoms with Crippen molar-refractivity contribution in [3.05, 3.63) is 54.1 Å². The zero-order chi connectivity index (χ0) is 15.8. The van der Waals surface area contributed by atoms with Crippen LogP contribution >= 0.6 is 0 Å². The molecule has 23 heavy (non-hydrogen) atoms. The maximum absolute atomic E-state index is 12.4. The molecular weight excluding hydrogens is 290 g/mol. The van der Waals surface area contributed by atoms with Crippen LogP contribution in [0, 0.1) is 11.8 Å². The van der Waals surface area contributed by atoms with Crippen LogP contribution in [0.15, 0.2) is 42.9 Å². The number of carbonyl (C=O) groups excluding carboxylic acids is 1. The van der Waals surface area contributed by atoms with Crippen molar-refractivity contribution in [1.82, 2.24) is 14.9 Å². The van der Waals surface area contributed by atoms with Gasteiger partial charge in [-0.15, -0.1) is 0 Å². The summed E-state index contributed by atoms with van der Waals surface area (Å²) in [6, 6.07) is 10.6. The zero-order valence-electron chi connectivity index (χ0n) is 13.2. The fourth-order valence-corrected chi connectivity index (χ4v) is 3.93. The Labute approximate surface area is 135 Å². The quantitative estimate of drug-likeness (QED) is 0.937. The van der Waals surface area contributed by atoms with Crippen LogP contribution < -0.4 is 5.32 Å². The molecule has 1 saturated heterocycles. The molecule has 1 amide bonds. The number of aromatic nitrogens is 2. The largest absolute Gasteiger partial charge is 0.377 e. The SMILES string of the molecule is Cn1cnc(C(=O)N[C@@H]2[C@H]3CCO[C@H]3[C@H]2Cc2ccccc2)c1. The minimum Gasteiger partial charge on any atom is -0.377 e. The monoisotopic (exact) mass is 311 g/mol. The number of nitrogens with zero attached hydrogens (tertiary/aromatic N) is 2. The van der Waals surface area contributed by atoms with Gasteiger partial charge in [-0.3, -0.25) is 4.79 Å². The lowest BCUT2D eigenvalue weighted by molar-refractivity contribution is -0.0528. The number of hydrogen-bond acceptors (Lipinski definition) is 3. The summed E-state index contributed by atoms with van der Waals surface area (Å²) in [6.07, 6.45) is 5.66. The van der Waals surface area contributed by atoms with E-state index in [1.165, 1.54) is 5.56 Å². The van der Waals surface area contributed by atoms with Gasteiger partial charge >= 0.3 is 0 Å². The van der Waals surface area contributed by atoms with E-state index < -0.39 is 0 Å². The van der Waals surface area contributed by atoms with Gasteiger partial charge in [-0.05, 0) is 18.4 Å². The number of fused-ring (bicyclic) bond motifs is 1. The molecule has 1 aromatic heterocycles. The molecular formula is C18H21N3O2. The Kier molecular flexibility index (Phi) is 3.65. The molecule has 2 heterocycles. The second-order valence-electron chi connectivity index (χ2n) is 6.57. The van der Waals surface area contributed by atoms with Gasteiger partial charge in [0.25, 0.3) is 5.91 Å². The normalized spacial score (nSPS) is 28.9. The smallest absolute Gasteiger partial charge is 0.271 e. The van der Waals surface area contributed by atoms with Gasteiger partial charge in [-0.2, -0.15) is 0 Å². The Hall–Kier alpha value is -2.14. The first-order valence-electron chi connectivity index (χ1n) is 8.17. The maximum atomic E-state index is 12.4. The van der Waals surface area contributed by atoms with Gasteiger partial charge in [0.1, 0.15) is 5.69 Å². The van der Waals surface area contributed by atoms with E-state index in [9.17, 15) is 4.79 Å². The van der Waals surface area contributed by atoms with E-state index in [4.69, 9.17) is 4.74 Å². The molecule has 0 unspecified atom stereocenters. The van der Waals surface area contributed by atoms with Gasteiger partial charge in [-0.1, -0.05) is 30.3 Å². The Balaban J connectivity index is 1.48. The average Bonchev–Trinajstić information content (AvgIpc) is 3.18. The summed E-state index contributed by atoms with van der Waals surface area (Å²) in [4.78, 5) is 16.6. The van der Waals surface area contributed by atoms with Crippen LogP contribution in [0.2, 0.25) is 0 Å². The van der Waals surface area contributed by atoms with E-state index in [1.807, 2.05) is 13.1 Å². The number of ether oxygens (including phenoxy) is 1. The van der Waals surface area contributed by atoms with Gasteiger partial charge in [0.15, 0.2) is 0 Å². The summed E-state index contributed by atoms with van der Waals surface area (Å²) < 4.78 is 7.68. The van der Waals surface area contributed by atoms with E-state index >= 15 is 0 Å². The van der Waals surface area contributed by atoms with Crippen molar-refractivity contribution < 1.29 is 9.53 Å². The molecule has 0 radical (unpaired) electrons. The van der Waals surface area contributed by atoms with Crippen molar-refractivity contribution in [2.24, 2.45) is 18.9 Å². The summed E-state index contributed by atoms with van der Waals surface area (Å²) in [5.41, 5.74) is 1.77. The van der Waals surface area contributed by atoms with E-state index in [0.29, 0.717) is 17.5 Å². The predicted molar refractivity (Wildman–Crippen MR) is 85.9 cm³/mol. The van der Waals surface area contributed by atoms with Crippen molar-refractivity contribution in [2.75, 3.05) is 6.61 Å². The highest BCUT2D eigenvalue weighted by molar-refractivity contribution is 5.92. The third kappa shape index (κ3) is 2.65. The molecule has 1 aromatic carbocycles. The highest BCUT2D eigenvalue weighted by Crippen LogP contribution is 2.45. The Bertz CT molecular complexity index is 697. The number of aryl methyl sites for hydroxylation is 1. The average molecular weight is 311 g/mol. The molecule has 4 rings (SSSR count). The lowest BCUT2D eigenvalue weighted by Gasteiger charge is -2.48. The van der Waals surface area contributed by atoms with E-state index in [2.05, 4.69) is 34.6 Å². The highest BCUT2D eigenvalue weighted by Gasteiger charge is 2.54. The molecule has 120 valence electrons. The van der Waals surface area contributed by atoms with Crippen LogP contribution in [0.1, 0.15) is 22.5 Å². The zero-order valence-corrected chi connectivity index (χ0v) is 13.2. The highest BCUT2D eigenvalue weighted by atomic mass is 16.5. The number of imidazole rings is 1. The second kappa shape index (κ2) is 5.81. The second-order valence-corrected chi connectivity index (χ2v) is 6.57. The van der Waals surface area contributed by atoms with Crippen molar-refractivity contribution >= 4 is 5.91 Å². The van der Waals surface area contributed by atoms with Crippen molar-refractivity contribution in [1.29, 1.82) is 0 Å². The van der Waals surface area contributed by atoms with Crippen molar-refractivity contribution in [2.45, 2.75) is 25.0 Å². The van der Waals surface area contributed by atoms with Crippen LogP contribution in [-0.2, 0) is 18.2 Å². The molecule has 2 fully saturated rings. The first-order chi connectivity index (χ1) is 11.2. The number of hydrogen-bond donors (Lipinski definition) is 1. The van der Waals surface area contributed by atoms with E-state index in [0.717, 1.165) is 19.4 Å². The maximum Gasteiger partial charge on any atom is 0.271 e. The lowest BCUT2D eigenvalue weighted by Crippen LogP contribution is -2.62. The third-order valence-corrected chi connectivity index (χ3v) is 5.08. The van der Waals surface area contributed by atoms with Crippen molar-refractivity contribution in [3.63, 3.8) is 0 Å². The van der Waals surface area contributed by atoms with Gasteiger partial charge in [0, 0.05) is 37.7 Å². The predicted octanol–water partition coefficient (Wildman–Crippen LogP) is 1.80. The molecule has 5 nitrogen and oxygen atoms in total. The summed E-state index contributed by atoms with van der Waals surface area (Å²) in [5, 5.41) is 3.19. The van der Waals surface area contributed by atoms with Gasteiger partial charge in [0.2, 0.25) is 0 Å². The molecule has 1 aliphatic heterocycles. The molecule has 0 spiro atoms. The molecule has 2 aromatic rings. The Morgan fingerprint density at radius 2 is 2.22 bits per heavy atom. The molecule has 2 aliphatic rings.